The molecule has 0 aliphatic heterocycles. The molecule has 0 saturated carbocycles. The molecule has 0 aliphatic rings. The minimum atomic E-state index is -0.688. The SMILES string of the molecule is CCCOC(=O)C(C)n1cnc2c1c(=O)n(C)c(=O)n2C. The first kappa shape index (κ1) is 15.0. The van der Waals surface area contributed by atoms with E-state index in [4.69, 9.17) is 4.74 Å². The number of hydrogen-bond donors (Lipinski definition) is 0. The first-order valence-corrected chi connectivity index (χ1v) is 6.69. The number of carbonyl (C=O) groups excluding carboxylic acids is 1. The van der Waals surface area contributed by atoms with Crippen molar-refractivity contribution in [3.63, 3.8) is 0 Å². The largest absolute Gasteiger partial charge is 0.464 e. The average molecular weight is 294 g/mol. The number of carbonyl (C=O) groups is 1. The van der Waals surface area contributed by atoms with Crippen molar-refractivity contribution in [3.05, 3.63) is 27.2 Å². The Labute approximate surface area is 120 Å². The lowest BCUT2D eigenvalue weighted by atomic mass is 10.3. The molecule has 0 aromatic carbocycles. The van der Waals surface area contributed by atoms with Crippen LogP contribution in [0.4, 0.5) is 0 Å². The molecule has 0 N–H and O–H groups in total. The van der Waals surface area contributed by atoms with Gasteiger partial charge in [-0.25, -0.2) is 14.6 Å². The van der Waals surface area contributed by atoms with Gasteiger partial charge in [0.1, 0.15) is 6.04 Å². The van der Waals surface area contributed by atoms with E-state index in [1.54, 1.807) is 6.92 Å². The van der Waals surface area contributed by atoms with Crippen molar-refractivity contribution < 1.29 is 9.53 Å². The quantitative estimate of drug-likeness (QED) is 0.738. The van der Waals surface area contributed by atoms with Crippen LogP contribution in [-0.2, 0) is 23.6 Å². The second kappa shape index (κ2) is 5.55. The molecule has 0 radical (unpaired) electrons. The summed E-state index contributed by atoms with van der Waals surface area (Å²) in [5.41, 5.74) is -0.488. The third kappa shape index (κ3) is 2.37. The fraction of sp³-hybridized carbons (Fsp3) is 0.538. The van der Waals surface area contributed by atoms with Crippen LogP contribution in [0.5, 0.6) is 0 Å². The maximum absolute atomic E-state index is 12.3. The van der Waals surface area contributed by atoms with Gasteiger partial charge in [0, 0.05) is 14.1 Å². The van der Waals surface area contributed by atoms with Crippen LogP contribution in [0.3, 0.4) is 0 Å². The van der Waals surface area contributed by atoms with Gasteiger partial charge in [-0.3, -0.25) is 13.9 Å². The molecule has 114 valence electrons. The molecule has 2 rings (SSSR count). The van der Waals surface area contributed by atoms with Crippen LogP contribution in [0.2, 0.25) is 0 Å². The zero-order valence-electron chi connectivity index (χ0n) is 12.5. The Balaban J connectivity index is 2.60. The molecule has 21 heavy (non-hydrogen) atoms. The number of imidazole rings is 1. The van der Waals surface area contributed by atoms with E-state index in [9.17, 15) is 14.4 Å². The number of ether oxygens (including phenoxy) is 1. The van der Waals surface area contributed by atoms with Crippen LogP contribution in [0.25, 0.3) is 11.2 Å². The Morgan fingerprint density at radius 1 is 1.33 bits per heavy atom. The van der Waals surface area contributed by atoms with E-state index in [-0.39, 0.29) is 11.2 Å². The average Bonchev–Trinajstić information content (AvgIpc) is 2.92. The van der Waals surface area contributed by atoms with Crippen LogP contribution >= 0.6 is 0 Å². The lowest BCUT2D eigenvalue weighted by molar-refractivity contribution is -0.147. The highest BCUT2D eigenvalue weighted by molar-refractivity contribution is 5.78. The number of nitrogens with zero attached hydrogens (tertiary/aromatic N) is 4. The van der Waals surface area contributed by atoms with Gasteiger partial charge in [-0.15, -0.1) is 0 Å². The highest BCUT2D eigenvalue weighted by atomic mass is 16.5. The molecule has 2 heterocycles. The third-order valence-electron chi connectivity index (χ3n) is 3.38. The molecule has 2 aromatic rings. The predicted octanol–water partition coefficient (Wildman–Crippen LogP) is -0.0521. The van der Waals surface area contributed by atoms with Crippen molar-refractivity contribution in [1.29, 1.82) is 0 Å². The minimum Gasteiger partial charge on any atom is -0.464 e. The smallest absolute Gasteiger partial charge is 0.332 e. The molecule has 1 atom stereocenters. The van der Waals surface area contributed by atoms with Gasteiger partial charge in [-0.1, -0.05) is 6.92 Å². The Hall–Kier alpha value is -2.38. The van der Waals surface area contributed by atoms with Gasteiger partial charge in [-0.05, 0) is 13.3 Å². The van der Waals surface area contributed by atoms with E-state index in [1.807, 2.05) is 6.92 Å². The summed E-state index contributed by atoms with van der Waals surface area (Å²) in [5.74, 6) is -0.438. The summed E-state index contributed by atoms with van der Waals surface area (Å²) >= 11 is 0. The third-order valence-corrected chi connectivity index (χ3v) is 3.38. The van der Waals surface area contributed by atoms with Gasteiger partial charge in [-0.2, -0.15) is 0 Å². The van der Waals surface area contributed by atoms with E-state index < -0.39 is 23.3 Å². The van der Waals surface area contributed by atoms with Crippen molar-refractivity contribution in [2.75, 3.05) is 6.61 Å². The lowest BCUT2D eigenvalue weighted by Crippen LogP contribution is -2.38. The molecule has 0 spiro atoms. The lowest BCUT2D eigenvalue weighted by Gasteiger charge is -2.13. The number of aromatic nitrogens is 4. The standard InChI is InChI=1S/C13H18N4O4/c1-5-6-21-12(19)8(2)17-7-14-10-9(17)11(18)16(4)13(20)15(10)3/h7-8H,5-6H2,1-4H3. The van der Waals surface area contributed by atoms with Crippen molar-refractivity contribution in [2.45, 2.75) is 26.3 Å². The fourth-order valence-electron chi connectivity index (χ4n) is 2.09. The van der Waals surface area contributed by atoms with Crippen molar-refractivity contribution in [3.8, 4) is 0 Å². The summed E-state index contributed by atoms with van der Waals surface area (Å²) in [4.78, 5) is 40.1. The van der Waals surface area contributed by atoms with Crippen LogP contribution < -0.4 is 11.2 Å². The van der Waals surface area contributed by atoms with Gasteiger partial charge < -0.3 is 9.30 Å². The molecule has 0 aliphatic carbocycles. The van der Waals surface area contributed by atoms with Crippen LogP contribution in [0.1, 0.15) is 26.3 Å². The number of rotatable bonds is 4. The summed E-state index contributed by atoms with van der Waals surface area (Å²) < 4.78 is 8.79. The van der Waals surface area contributed by atoms with Crippen molar-refractivity contribution >= 4 is 17.1 Å². The fourth-order valence-corrected chi connectivity index (χ4v) is 2.09. The Morgan fingerprint density at radius 3 is 2.62 bits per heavy atom. The summed E-state index contributed by atoms with van der Waals surface area (Å²) in [6, 6.07) is -0.688. The number of fused-ring (bicyclic) bond motifs is 1. The van der Waals surface area contributed by atoms with Crippen LogP contribution in [0.15, 0.2) is 15.9 Å². The van der Waals surface area contributed by atoms with Crippen LogP contribution in [-0.4, -0.2) is 31.3 Å². The molecular formula is C13H18N4O4. The van der Waals surface area contributed by atoms with E-state index in [1.165, 1.54) is 29.6 Å². The number of esters is 1. The van der Waals surface area contributed by atoms with Gasteiger partial charge in [0.05, 0.1) is 12.9 Å². The molecule has 8 heteroatoms. The molecule has 0 bridgehead atoms. The van der Waals surface area contributed by atoms with Gasteiger partial charge in [0.25, 0.3) is 5.56 Å². The minimum absolute atomic E-state index is 0.209. The predicted molar refractivity (Wildman–Crippen MR) is 76.2 cm³/mol. The zero-order chi connectivity index (χ0) is 15.7. The molecule has 0 amide bonds. The van der Waals surface area contributed by atoms with Gasteiger partial charge >= 0.3 is 11.7 Å². The molecule has 0 fully saturated rings. The molecule has 0 saturated heterocycles. The van der Waals surface area contributed by atoms with E-state index in [2.05, 4.69) is 4.98 Å². The van der Waals surface area contributed by atoms with Crippen molar-refractivity contribution in [2.24, 2.45) is 14.1 Å². The summed E-state index contributed by atoms with van der Waals surface area (Å²) in [6.07, 6.45) is 2.10. The maximum Gasteiger partial charge on any atom is 0.332 e. The molecular weight excluding hydrogens is 276 g/mol. The van der Waals surface area contributed by atoms with Crippen LogP contribution in [0, 0.1) is 0 Å². The first-order valence-electron chi connectivity index (χ1n) is 6.69. The van der Waals surface area contributed by atoms with Gasteiger partial charge in [0.15, 0.2) is 11.2 Å². The maximum atomic E-state index is 12.3. The summed E-state index contributed by atoms with van der Waals surface area (Å²) in [5, 5.41) is 0. The molecule has 1 unspecified atom stereocenters. The van der Waals surface area contributed by atoms with Gasteiger partial charge in [0.2, 0.25) is 0 Å². The Kier molecular flexibility index (Phi) is 3.97. The highest BCUT2D eigenvalue weighted by Crippen LogP contribution is 2.14. The summed E-state index contributed by atoms with van der Waals surface area (Å²) in [7, 11) is 2.92. The molecule has 8 nitrogen and oxygen atoms in total. The Morgan fingerprint density at radius 2 is 2.00 bits per heavy atom. The van der Waals surface area contributed by atoms with E-state index in [0.29, 0.717) is 6.61 Å². The van der Waals surface area contributed by atoms with E-state index >= 15 is 0 Å². The second-order valence-electron chi connectivity index (χ2n) is 4.87. The normalized spacial score (nSPS) is 12.6. The van der Waals surface area contributed by atoms with E-state index in [0.717, 1.165) is 11.0 Å². The number of aryl methyl sites for hydroxylation is 1. The van der Waals surface area contributed by atoms with Crippen molar-refractivity contribution in [1.82, 2.24) is 18.7 Å². The monoisotopic (exact) mass is 294 g/mol. The second-order valence-corrected chi connectivity index (χ2v) is 4.87. The topological polar surface area (TPSA) is 88.1 Å². The Bertz CT molecular complexity index is 799. The first-order chi connectivity index (χ1) is 9.90. The summed E-state index contributed by atoms with van der Waals surface area (Å²) in [6.45, 7) is 3.85. The number of hydrogen-bond acceptors (Lipinski definition) is 5. The highest BCUT2D eigenvalue weighted by Gasteiger charge is 2.22. The molecule has 2 aromatic heterocycles. The zero-order valence-corrected chi connectivity index (χ0v) is 12.5.